The van der Waals surface area contributed by atoms with Crippen molar-refractivity contribution in [3.63, 3.8) is 0 Å². The third-order valence-electron chi connectivity index (χ3n) is 3.17. The van der Waals surface area contributed by atoms with Crippen LogP contribution in [0.2, 0.25) is 5.02 Å². The van der Waals surface area contributed by atoms with Crippen LogP contribution in [-0.2, 0) is 0 Å². The van der Waals surface area contributed by atoms with Crippen molar-refractivity contribution in [3.05, 3.63) is 51.0 Å². The molecule has 0 bridgehead atoms. The van der Waals surface area contributed by atoms with E-state index in [-0.39, 0.29) is 0 Å². The van der Waals surface area contributed by atoms with Gasteiger partial charge >= 0.3 is 0 Å². The van der Waals surface area contributed by atoms with Crippen molar-refractivity contribution in [2.24, 2.45) is 0 Å². The van der Waals surface area contributed by atoms with Gasteiger partial charge in [-0.15, -0.1) is 0 Å². The number of fused-ring (bicyclic) bond motifs is 1. The molecule has 0 fully saturated rings. The van der Waals surface area contributed by atoms with Crippen LogP contribution in [-0.4, -0.2) is 4.98 Å². The van der Waals surface area contributed by atoms with Crippen molar-refractivity contribution >= 4 is 38.6 Å². The Morgan fingerprint density at radius 2 is 1.84 bits per heavy atom. The molecule has 0 saturated carbocycles. The van der Waals surface area contributed by atoms with Gasteiger partial charge in [0.05, 0.1) is 10.6 Å². The van der Waals surface area contributed by atoms with Gasteiger partial charge in [0.15, 0.2) is 5.58 Å². The number of rotatable bonds is 1. The number of aromatic nitrogens is 1. The van der Waals surface area contributed by atoms with Crippen LogP contribution in [0.5, 0.6) is 0 Å². The molecule has 0 unspecified atom stereocenters. The average Bonchev–Trinajstić information content (AvgIpc) is 2.72. The Bertz CT molecular complexity index is 740. The van der Waals surface area contributed by atoms with E-state index < -0.39 is 0 Å². The second-order valence-corrected chi connectivity index (χ2v) is 5.87. The van der Waals surface area contributed by atoms with Crippen molar-refractivity contribution in [2.45, 2.75) is 13.8 Å². The molecular formula is C15H11BrClNO. The molecule has 1 aromatic heterocycles. The molecule has 19 heavy (non-hydrogen) atoms. The van der Waals surface area contributed by atoms with Crippen LogP contribution >= 0.6 is 27.5 Å². The molecule has 0 amide bonds. The van der Waals surface area contributed by atoms with E-state index in [2.05, 4.69) is 34.8 Å². The molecule has 96 valence electrons. The first kappa shape index (κ1) is 12.7. The summed E-state index contributed by atoms with van der Waals surface area (Å²) in [6.45, 7) is 4.12. The number of hydrogen-bond donors (Lipinski definition) is 0. The fourth-order valence-electron chi connectivity index (χ4n) is 1.96. The summed E-state index contributed by atoms with van der Waals surface area (Å²) in [6, 6.07) is 9.70. The molecular weight excluding hydrogens is 326 g/mol. The van der Waals surface area contributed by atoms with Gasteiger partial charge in [0.1, 0.15) is 5.52 Å². The fraction of sp³-hybridized carbons (Fsp3) is 0.133. The zero-order valence-electron chi connectivity index (χ0n) is 10.5. The predicted octanol–water partition coefficient (Wildman–Crippen LogP) is 5.53. The van der Waals surface area contributed by atoms with E-state index in [4.69, 9.17) is 16.0 Å². The monoisotopic (exact) mass is 335 g/mol. The van der Waals surface area contributed by atoms with Crippen LogP contribution in [0.25, 0.3) is 22.6 Å². The number of halogens is 2. The maximum Gasteiger partial charge on any atom is 0.228 e. The Morgan fingerprint density at radius 1 is 1.11 bits per heavy atom. The predicted molar refractivity (Wildman–Crippen MR) is 81.6 cm³/mol. The molecule has 0 spiro atoms. The minimum absolute atomic E-state index is 0.553. The van der Waals surface area contributed by atoms with Crippen molar-refractivity contribution < 1.29 is 4.42 Å². The first-order valence-corrected chi connectivity index (χ1v) is 7.05. The highest BCUT2D eigenvalue weighted by molar-refractivity contribution is 9.10. The SMILES string of the molecule is Cc1cc2nc(-c3ccc(Br)cc3Cl)oc2cc1C. The first-order valence-electron chi connectivity index (χ1n) is 5.88. The van der Waals surface area contributed by atoms with Gasteiger partial charge in [0.25, 0.3) is 0 Å². The molecule has 3 aromatic rings. The Morgan fingerprint density at radius 3 is 2.58 bits per heavy atom. The largest absolute Gasteiger partial charge is 0.436 e. The first-order chi connectivity index (χ1) is 9.04. The topological polar surface area (TPSA) is 26.0 Å². The normalized spacial score (nSPS) is 11.2. The summed E-state index contributed by atoms with van der Waals surface area (Å²) < 4.78 is 6.73. The lowest BCUT2D eigenvalue weighted by Crippen LogP contribution is -1.80. The Kier molecular flexibility index (Phi) is 3.11. The van der Waals surface area contributed by atoms with Gasteiger partial charge in [-0.25, -0.2) is 4.98 Å². The zero-order valence-corrected chi connectivity index (χ0v) is 12.8. The standard InChI is InChI=1S/C15H11BrClNO/c1-8-5-13-14(6-9(8)2)19-15(18-13)11-4-3-10(16)7-12(11)17/h3-7H,1-2H3. The lowest BCUT2D eigenvalue weighted by molar-refractivity contribution is 0.619. The number of aryl methyl sites for hydroxylation is 2. The second-order valence-electron chi connectivity index (χ2n) is 4.55. The molecule has 2 nitrogen and oxygen atoms in total. The molecule has 4 heteroatoms. The summed E-state index contributed by atoms with van der Waals surface area (Å²) >= 11 is 9.61. The highest BCUT2D eigenvalue weighted by Crippen LogP contribution is 2.32. The highest BCUT2D eigenvalue weighted by atomic mass is 79.9. The maximum atomic E-state index is 6.22. The van der Waals surface area contributed by atoms with Gasteiger partial charge in [0.2, 0.25) is 5.89 Å². The minimum Gasteiger partial charge on any atom is -0.436 e. The molecule has 1 heterocycles. The molecule has 0 saturated heterocycles. The smallest absolute Gasteiger partial charge is 0.228 e. The van der Waals surface area contributed by atoms with Crippen LogP contribution in [0, 0.1) is 13.8 Å². The van der Waals surface area contributed by atoms with E-state index in [0.29, 0.717) is 10.9 Å². The molecule has 0 aliphatic rings. The van der Waals surface area contributed by atoms with E-state index in [9.17, 15) is 0 Å². The summed E-state index contributed by atoms with van der Waals surface area (Å²) in [6.07, 6.45) is 0. The second kappa shape index (κ2) is 4.66. The number of oxazole rings is 1. The molecule has 2 aromatic carbocycles. The molecule has 0 aliphatic heterocycles. The molecule has 0 aliphatic carbocycles. The molecule has 0 radical (unpaired) electrons. The van der Waals surface area contributed by atoms with E-state index >= 15 is 0 Å². The van der Waals surface area contributed by atoms with Crippen LogP contribution in [0.15, 0.2) is 39.2 Å². The van der Waals surface area contributed by atoms with Crippen molar-refractivity contribution in [1.29, 1.82) is 0 Å². The summed E-state index contributed by atoms with van der Waals surface area (Å²) in [5.74, 6) is 0.553. The number of benzene rings is 2. The molecule has 0 atom stereocenters. The van der Waals surface area contributed by atoms with Crippen LogP contribution in [0.3, 0.4) is 0 Å². The zero-order chi connectivity index (χ0) is 13.6. The summed E-state index contributed by atoms with van der Waals surface area (Å²) in [5.41, 5.74) is 4.84. The highest BCUT2D eigenvalue weighted by Gasteiger charge is 2.12. The van der Waals surface area contributed by atoms with E-state index in [1.165, 1.54) is 11.1 Å². The van der Waals surface area contributed by atoms with E-state index in [0.717, 1.165) is 21.1 Å². The fourth-order valence-corrected chi connectivity index (χ4v) is 2.71. The molecule has 0 N–H and O–H groups in total. The van der Waals surface area contributed by atoms with Crippen molar-refractivity contribution in [2.75, 3.05) is 0 Å². The minimum atomic E-state index is 0.553. The van der Waals surface area contributed by atoms with Gasteiger partial charge in [-0.2, -0.15) is 0 Å². The van der Waals surface area contributed by atoms with Gasteiger partial charge in [-0.3, -0.25) is 0 Å². The quantitative estimate of drug-likeness (QED) is 0.584. The van der Waals surface area contributed by atoms with Crippen LogP contribution in [0.1, 0.15) is 11.1 Å². The lowest BCUT2D eigenvalue weighted by atomic mass is 10.1. The molecule has 3 rings (SSSR count). The third kappa shape index (κ3) is 2.28. The lowest BCUT2D eigenvalue weighted by Gasteiger charge is -1.99. The Labute approximate surface area is 124 Å². The van der Waals surface area contributed by atoms with Gasteiger partial charge < -0.3 is 4.42 Å². The van der Waals surface area contributed by atoms with Crippen molar-refractivity contribution in [1.82, 2.24) is 4.98 Å². The van der Waals surface area contributed by atoms with E-state index in [1.54, 1.807) is 0 Å². The van der Waals surface area contributed by atoms with Gasteiger partial charge in [-0.05, 0) is 55.3 Å². The number of hydrogen-bond acceptors (Lipinski definition) is 2. The van der Waals surface area contributed by atoms with Gasteiger partial charge in [-0.1, -0.05) is 27.5 Å². The average molecular weight is 337 g/mol. The summed E-state index contributed by atoms with van der Waals surface area (Å²) in [7, 11) is 0. The Balaban J connectivity index is 2.20. The van der Waals surface area contributed by atoms with Gasteiger partial charge in [0, 0.05) is 4.47 Å². The number of nitrogens with zero attached hydrogens (tertiary/aromatic N) is 1. The third-order valence-corrected chi connectivity index (χ3v) is 3.97. The maximum absolute atomic E-state index is 6.22. The van der Waals surface area contributed by atoms with Crippen LogP contribution < -0.4 is 0 Å². The van der Waals surface area contributed by atoms with E-state index in [1.807, 2.05) is 30.3 Å². The van der Waals surface area contributed by atoms with Crippen LogP contribution in [0.4, 0.5) is 0 Å². The Hall–Kier alpha value is -1.32. The van der Waals surface area contributed by atoms with Crippen molar-refractivity contribution in [3.8, 4) is 11.5 Å². The summed E-state index contributed by atoms with van der Waals surface area (Å²) in [5, 5.41) is 0.620. The summed E-state index contributed by atoms with van der Waals surface area (Å²) in [4.78, 5) is 4.51.